The summed E-state index contributed by atoms with van der Waals surface area (Å²) < 4.78 is 9.64. The molecule has 8 unspecified atom stereocenters. The molecule has 0 N–H and O–H groups in total. The molecule has 0 saturated heterocycles. The summed E-state index contributed by atoms with van der Waals surface area (Å²) in [7, 11) is 0. The van der Waals surface area contributed by atoms with Crippen molar-refractivity contribution in [3.63, 3.8) is 0 Å². The molecule has 2 spiro atoms. The van der Waals surface area contributed by atoms with Crippen molar-refractivity contribution in [3.05, 3.63) is 114 Å². The molecule has 8 fully saturated rings. The summed E-state index contributed by atoms with van der Waals surface area (Å²) in [5.41, 5.74) is 17.4. The topological polar surface area (TPSA) is 17.4 Å². The molecule has 3 nitrogen and oxygen atoms in total. The zero-order valence-corrected chi connectivity index (χ0v) is 32.7. The van der Waals surface area contributed by atoms with Crippen LogP contribution in [0.2, 0.25) is 0 Å². The number of para-hydroxylation sites is 3. The second-order valence-electron chi connectivity index (χ2n) is 21.8. The molecular formula is C54H43BN2O. The van der Waals surface area contributed by atoms with E-state index in [1.807, 2.05) is 0 Å². The van der Waals surface area contributed by atoms with E-state index in [9.17, 15) is 0 Å². The van der Waals surface area contributed by atoms with Crippen LogP contribution in [0.15, 0.2) is 103 Å². The van der Waals surface area contributed by atoms with E-state index in [2.05, 4.69) is 113 Å². The van der Waals surface area contributed by atoms with Crippen LogP contribution in [-0.2, 0) is 5.41 Å². The number of hydrogen-bond donors (Lipinski definition) is 0. The maximum atomic E-state index is 6.82. The molecule has 0 radical (unpaired) electrons. The largest absolute Gasteiger partial charge is 0.453 e. The fourth-order valence-corrected chi connectivity index (χ4v) is 18.9. The Bertz CT molecular complexity index is 3200. The fourth-order valence-electron chi connectivity index (χ4n) is 18.9. The van der Waals surface area contributed by atoms with Gasteiger partial charge in [0.25, 0.3) is 0 Å². The Morgan fingerprint density at radius 2 is 1.45 bits per heavy atom. The normalized spacial score (nSPS) is 38.0. The molecule has 11 aliphatic rings. The van der Waals surface area contributed by atoms with E-state index in [0.29, 0.717) is 22.2 Å². The Balaban J connectivity index is 0.961. The van der Waals surface area contributed by atoms with Crippen LogP contribution in [-0.4, -0.2) is 11.3 Å². The zero-order chi connectivity index (χ0) is 36.8. The van der Waals surface area contributed by atoms with Gasteiger partial charge in [-0.1, -0.05) is 54.6 Å². The molecule has 4 heteroatoms. The Morgan fingerprint density at radius 1 is 0.621 bits per heavy atom. The van der Waals surface area contributed by atoms with E-state index in [-0.39, 0.29) is 6.85 Å². The highest BCUT2D eigenvalue weighted by Crippen LogP contribution is 2.86. The first-order valence-electron chi connectivity index (χ1n) is 23.0. The van der Waals surface area contributed by atoms with Crippen molar-refractivity contribution in [2.75, 3.05) is 4.90 Å². The smallest absolute Gasteiger partial charge is 0.333 e. The summed E-state index contributed by atoms with van der Waals surface area (Å²) in [5, 5.41) is 5.68. The minimum atomic E-state index is 0.0469. The average molecular weight is 747 g/mol. The molecule has 8 atom stereocenters. The van der Waals surface area contributed by atoms with Crippen molar-refractivity contribution in [1.82, 2.24) is 4.48 Å². The van der Waals surface area contributed by atoms with Gasteiger partial charge in [0.15, 0.2) is 11.5 Å². The minimum absolute atomic E-state index is 0.0469. The van der Waals surface area contributed by atoms with Gasteiger partial charge in [0.2, 0.25) is 0 Å². The second-order valence-corrected chi connectivity index (χ2v) is 21.8. The zero-order valence-electron chi connectivity index (χ0n) is 32.7. The standard InChI is InChI=1S/C54H43BN2O/c1-2-7-35-27(6-1)14-38-40-16-28(41-25-53-31-17-32(53)22-42(53)36(41)21-31)15-39-37-20-29(52-23-33-18-30-19-34(24-52)54(30,33)26-52)12-13-44(37)57(49(39)40)55-43-8-5-11-47-51(43)56(50(35)48(38)55)45-9-3-4-10-46(45)58-47/h1-16,20,30-34,36,41-42H,17-19,21-26H2. The third kappa shape index (κ3) is 2.76. The molecule has 8 saturated carbocycles. The molecule has 278 valence electrons. The maximum absolute atomic E-state index is 6.82. The van der Waals surface area contributed by atoms with Crippen molar-refractivity contribution in [3.8, 4) is 22.6 Å². The fraction of sp³-hybridized carbons (Fsp3) is 0.370. The number of fused-ring (bicyclic) bond motifs is 12. The number of nitrogens with zero attached hydrogens (tertiary/aromatic N) is 2. The van der Waals surface area contributed by atoms with E-state index < -0.39 is 0 Å². The molecule has 8 aliphatic carbocycles. The number of anilines is 3. The Kier molecular flexibility index (Phi) is 4.45. The first-order chi connectivity index (χ1) is 28.6. The van der Waals surface area contributed by atoms with E-state index >= 15 is 0 Å². The van der Waals surface area contributed by atoms with E-state index in [1.54, 1.807) is 11.1 Å². The van der Waals surface area contributed by atoms with Crippen molar-refractivity contribution in [2.24, 2.45) is 52.3 Å². The van der Waals surface area contributed by atoms with Crippen LogP contribution in [0.25, 0.3) is 43.7 Å². The number of rotatable bonds is 2. The number of ether oxygens (including phenoxy) is 1. The number of aromatic nitrogens is 1. The molecule has 0 amide bonds. The molecule has 58 heavy (non-hydrogen) atoms. The van der Waals surface area contributed by atoms with E-state index in [1.165, 1.54) is 124 Å². The Labute approximate surface area is 338 Å². The van der Waals surface area contributed by atoms with Gasteiger partial charge in [0.1, 0.15) is 0 Å². The first kappa shape index (κ1) is 29.3. The van der Waals surface area contributed by atoms with Crippen molar-refractivity contribution < 1.29 is 4.74 Å². The van der Waals surface area contributed by atoms with Crippen molar-refractivity contribution in [1.29, 1.82) is 0 Å². The van der Waals surface area contributed by atoms with E-state index in [0.717, 1.165) is 58.6 Å². The lowest BCUT2D eigenvalue weighted by molar-refractivity contribution is -0.175. The van der Waals surface area contributed by atoms with Gasteiger partial charge in [-0.05, 0) is 203 Å². The summed E-state index contributed by atoms with van der Waals surface area (Å²) in [4.78, 5) is 2.59. The summed E-state index contributed by atoms with van der Waals surface area (Å²) in [6.45, 7) is 0.0469. The molecule has 7 aromatic rings. The maximum Gasteiger partial charge on any atom is 0.333 e. The molecule has 4 bridgehead atoms. The second kappa shape index (κ2) is 8.81. The summed E-state index contributed by atoms with van der Waals surface area (Å²) in [5.74, 6) is 9.53. The molecule has 6 aromatic carbocycles. The predicted molar refractivity (Wildman–Crippen MR) is 233 cm³/mol. The first-order valence-corrected chi connectivity index (χ1v) is 23.0. The van der Waals surface area contributed by atoms with Gasteiger partial charge >= 0.3 is 6.85 Å². The summed E-state index contributed by atoms with van der Waals surface area (Å²) >= 11 is 0. The molecule has 1 aromatic heterocycles. The van der Waals surface area contributed by atoms with Crippen LogP contribution in [0.1, 0.15) is 74.8 Å². The third-order valence-corrected chi connectivity index (χ3v) is 20.8. The molecule has 18 rings (SSSR count). The predicted octanol–water partition coefficient (Wildman–Crippen LogP) is 11.7. The van der Waals surface area contributed by atoms with Crippen LogP contribution < -0.4 is 20.6 Å². The van der Waals surface area contributed by atoms with Gasteiger partial charge in [-0.25, -0.2) is 0 Å². The molecule has 3 aliphatic heterocycles. The van der Waals surface area contributed by atoms with Crippen LogP contribution >= 0.6 is 0 Å². The van der Waals surface area contributed by atoms with Crippen LogP contribution in [0.3, 0.4) is 0 Å². The lowest BCUT2D eigenvalue weighted by atomic mass is 9.38. The molecule has 4 heterocycles. The quantitative estimate of drug-likeness (QED) is 0.164. The van der Waals surface area contributed by atoms with Crippen LogP contribution in [0.4, 0.5) is 17.1 Å². The van der Waals surface area contributed by atoms with Crippen molar-refractivity contribution >= 4 is 67.4 Å². The highest BCUT2D eigenvalue weighted by molar-refractivity contribution is 6.90. The molecular weight excluding hydrogens is 703 g/mol. The third-order valence-electron chi connectivity index (χ3n) is 20.8. The van der Waals surface area contributed by atoms with Crippen LogP contribution in [0, 0.1) is 52.3 Å². The van der Waals surface area contributed by atoms with Gasteiger partial charge in [-0.3, -0.25) is 0 Å². The van der Waals surface area contributed by atoms with Gasteiger partial charge in [0, 0.05) is 32.8 Å². The minimum Gasteiger partial charge on any atom is -0.453 e. The average Bonchev–Trinajstić information content (AvgIpc) is 3.93. The monoisotopic (exact) mass is 746 g/mol. The summed E-state index contributed by atoms with van der Waals surface area (Å²) in [6, 6.07) is 40.8. The van der Waals surface area contributed by atoms with Crippen molar-refractivity contribution in [2.45, 2.75) is 69.1 Å². The Hall–Kier alpha value is -4.96. The lowest BCUT2D eigenvalue weighted by Crippen LogP contribution is -2.59. The highest BCUT2D eigenvalue weighted by atomic mass is 16.5. The van der Waals surface area contributed by atoms with Gasteiger partial charge in [-0.15, -0.1) is 0 Å². The number of benzene rings is 6. The van der Waals surface area contributed by atoms with Gasteiger partial charge in [0.05, 0.1) is 17.1 Å². The Morgan fingerprint density at radius 3 is 2.33 bits per heavy atom. The van der Waals surface area contributed by atoms with E-state index in [4.69, 9.17) is 4.74 Å². The highest BCUT2D eigenvalue weighted by Gasteiger charge is 2.78. The SMILES string of the molecule is c1ccc2c(c1)Oc1cccc3c1N2c1c2c(cc4ccccc14)-c1cc(C4CC56C7CC4C5CC6C7)cc4c5cc(C67CC8CC9CC(C6)C98C7)ccc5n(c14)B32. The van der Waals surface area contributed by atoms with Gasteiger partial charge in [-0.2, -0.15) is 0 Å². The van der Waals surface area contributed by atoms with Crippen LogP contribution in [0.5, 0.6) is 11.5 Å². The lowest BCUT2D eigenvalue weighted by Gasteiger charge is -2.66. The summed E-state index contributed by atoms with van der Waals surface area (Å²) in [6.07, 6.45) is 13.4. The number of hydrogen-bond acceptors (Lipinski definition) is 2. The van der Waals surface area contributed by atoms with Gasteiger partial charge < -0.3 is 14.1 Å².